The van der Waals surface area contributed by atoms with Gasteiger partial charge in [-0.2, -0.15) is 0 Å². The molecule has 2 aromatic rings. The maximum atomic E-state index is 12.4. The van der Waals surface area contributed by atoms with Crippen molar-refractivity contribution >= 4 is 16.9 Å². The Hall–Kier alpha value is -1.81. The van der Waals surface area contributed by atoms with E-state index in [1.54, 1.807) is 18.2 Å². The van der Waals surface area contributed by atoms with Gasteiger partial charge in [-0.1, -0.05) is 25.0 Å². The Bertz CT molecular complexity index is 683. The van der Waals surface area contributed by atoms with Crippen LogP contribution in [0.2, 0.25) is 0 Å². The molecule has 22 heavy (non-hydrogen) atoms. The van der Waals surface area contributed by atoms with Crippen molar-refractivity contribution in [3.8, 4) is 0 Å². The first-order valence-corrected chi connectivity index (χ1v) is 7.90. The topological polar surface area (TPSA) is 53.7 Å². The van der Waals surface area contributed by atoms with Gasteiger partial charge >= 0.3 is 0 Å². The van der Waals surface area contributed by atoms with Gasteiger partial charge in [-0.25, -0.2) is 0 Å². The van der Waals surface area contributed by atoms with Gasteiger partial charge in [0.05, 0.1) is 18.3 Å². The van der Waals surface area contributed by atoms with Gasteiger partial charge in [-0.05, 0) is 31.4 Å². The van der Waals surface area contributed by atoms with Crippen molar-refractivity contribution < 1.29 is 14.3 Å². The molecule has 4 heteroatoms. The van der Waals surface area contributed by atoms with E-state index in [9.17, 15) is 9.90 Å². The smallest absolute Gasteiger partial charge is 0.226 e. The number of amides is 1. The zero-order valence-electron chi connectivity index (χ0n) is 13.3. The summed E-state index contributed by atoms with van der Waals surface area (Å²) < 4.78 is 5.54. The zero-order chi connectivity index (χ0) is 15.7. The van der Waals surface area contributed by atoms with Crippen LogP contribution in [0.5, 0.6) is 0 Å². The van der Waals surface area contributed by atoms with Crippen molar-refractivity contribution in [2.45, 2.75) is 44.6 Å². The fraction of sp³-hybridized carbons (Fsp3) is 0.500. The van der Waals surface area contributed by atoms with Gasteiger partial charge in [0.15, 0.2) is 0 Å². The number of aliphatic hydroxyl groups is 1. The summed E-state index contributed by atoms with van der Waals surface area (Å²) in [6.07, 6.45) is 5.65. The first-order chi connectivity index (χ1) is 10.5. The summed E-state index contributed by atoms with van der Waals surface area (Å²) in [5.74, 6) is 0.0172. The van der Waals surface area contributed by atoms with Crippen molar-refractivity contribution in [3.05, 3.63) is 35.6 Å². The molecule has 118 valence electrons. The molecule has 0 saturated heterocycles. The Morgan fingerprint density at radius 2 is 2.09 bits per heavy atom. The number of hydrogen-bond acceptors (Lipinski definition) is 3. The standard InChI is InChI=1S/C18H23NO3/c1-13-5-6-15-14(11-22-16(15)9-13)10-17(20)19(2)12-18(21)7-3-4-8-18/h5-6,9,11,21H,3-4,7-8,10,12H2,1-2H3. The number of furan rings is 1. The van der Waals surface area contributed by atoms with Crippen LogP contribution in [0, 0.1) is 6.92 Å². The SMILES string of the molecule is Cc1ccc2c(CC(=O)N(C)CC3(O)CCCC3)coc2c1. The fourth-order valence-corrected chi connectivity index (χ4v) is 3.35. The Morgan fingerprint density at radius 3 is 2.82 bits per heavy atom. The predicted molar refractivity (Wildman–Crippen MR) is 85.7 cm³/mol. The third kappa shape index (κ3) is 3.02. The van der Waals surface area contributed by atoms with Gasteiger partial charge in [-0.3, -0.25) is 4.79 Å². The summed E-state index contributed by atoms with van der Waals surface area (Å²) in [6, 6.07) is 6.01. The number of hydrogen-bond donors (Lipinski definition) is 1. The first kappa shape index (κ1) is 15.1. The van der Waals surface area contributed by atoms with Crippen molar-refractivity contribution in [2.75, 3.05) is 13.6 Å². The van der Waals surface area contributed by atoms with Crippen LogP contribution < -0.4 is 0 Å². The van der Waals surface area contributed by atoms with E-state index >= 15 is 0 Å². The summed E-state index contributed by atoms with van der Waals surface area (Å²) in [5, 5.41) is 11.4. The maximum absolute atomic E-state index is 12.4. The number of benzene rings is 1. The van der Waals surface area contributed by atoms with E-state index in [1.165, 1.54) is 0 Å². The number of carbonyl (C=O) groups is 1. The van der Waals surface area contributed by atoms with Crippen LogP contribution in [-0.4, -0.2) is 35.1 Å². The Morgan fingerprint density at radius 1 is 1.36 bits per heavy atom. The molecular weight excluding hydrogens is 278 g/mol. The molecule has 1 aliphatic carbocycles. The lowest BCUT2D eigenvalue weighted by Crippen LogP contribution is -2.42. The second-order valence-electron chi connectivity index (χ2n) is 6.62. The summed E-state index contributed by atoms with van der Waals surface area (Å²) in [7, 11) is 1.77. The zero-order valence-corrected chi connectivity index (χ0v) is 13.3. The van der Waals surface area contributed by atoms with Crippen molar-refractivity contribution in [2.24, 2.45) is 0 Å². The van der Waals surface area contributed by atoms with Crippen molar-refractivity contribution in [1.82, 2.24) is 4.90 Å². The third-order valence-electron chi connectivity index (χ3n) is 4.64. The Labute approximate surface area is 130 Å². The second-order valence-corrected chi connectivity index (χ2v) is 6.62. The molecule has 0 radical (unpaired) electrons. The molecule has 1 aromatic carbocycles. The summed E-state index contributed by atoms with van der Waals surface area (Å²) in [6.45, 7) is 2.43. The third-order valence-corrected chi connectivity index (χ3v) is 4.64. The minimum atomic E-state index is -0.694. The van der Waals surface area contributed by atoms with E-state index in [4.69, 9.17) is 4.42 Å². The van der Waals surface area contributed by atoms with Gasteiger partial charge < -0.3 is 14.4 Å². The molecule has 1 fully saturated rings. The van der Waals surface area contributed by atoms with Gasteiger partial charge in [0.25, 0.3) is 0 Å². The predicted octanol–water partition coefficient (Wildman–Crippen LogP) is 3.05. The molecule has 0 atom stereocenters. The van der Waals surface area contributed by atoms with Crippen molar-refractivity contribution in [3.63, 3.8) is 0 Å². The van der Waals surface area contributed by atoms with Crippen molar-refractivity contribution in [1.29, 1.82) is 0 Å². The minimum absolute atomic E-state index is 0.0172. The lowest BCUT2D eigenvalue weighted by Gasteiger charge is -2.28. The van der Waals surface area contributed by atoms with E-state index in [1.807, 2.05) is 25.1 Å². The number of rotatable bonds is 4. The van der Waals surface area contributed by atoms with Crippen LogP contribution in [0.15, 0.2) is 28.9 Å². The molecule has 1 N–H and O–H groups in total. The van der Waals surface area contributed by atoms with E-state index in [-0.39, 0.29) is 5.91 Å². The number of likely N-dealkylation sites (N-methyl/N-ethyl adjacent to an activating group) is 1. The van der Waals surface area contributed by atoms with Gasteiger partial charge in [0.2, 0.25) is 5.91 Å². The molecule has 0 spiro atoms. The lowest BCUT2D eigenvalue weighted by molar-refractivity contribution is -0.132. The summed E-state index contributed by atoms with van der Waals surface area (Å²) >= 11 is 0. The largest absolute Gasteiger partial charge is 0.464 e. The quantitative estimate of drug-likeness (QED) is 0.944. The molecule has 3 rings (SSSR count). The average molecular weight is 301 g/mol. The van der Waals surface area contributed by atoms with Crippen LogP contribution in [0.4, 0.5) is 0 Å². The summed E-state index contributed by atoms with van der Waals surface area (Å²) in [4.78, 5) is 14.1. The number of fused-ring (bicyclic) bond motifs is 1. The lowest BCUT2D eigenvalue weighted by atomic mass is 10.0. The molecular formula is C18H23NO3. The Kier molecular flexibility index (Phi) is 3.96. The highest BCUT2D eigenvalue weighted by molar-refractivity contribution is 5.87. The van der Waals surface area contributed by atoms with Gasteiger partial charge in [-0.15, -0.1) is 0 Å². The monoisotopic (exact) mass is 301 g/mol. The van der Waals surface area contributed by atoms with Gasteiger partial charge in [0.1, 0.15) is 5.58 Å². The highest BCUT2D eigenvalue weighted by Gasteiger charge is 2.33. The highest BCUT2D eigenvalue weighted by atomic mass is 16.3. The van der Waals surface area contributed by atoms with Gasteiger partial charge in [0, 0.05) is 24.5 Å². The van der Waals surface area contributed by atoms with E-state index in [2.05, 4.69) is 0 Å². The van der Waals surface area contributed by atoms with Crippen LogP contribution >= 0.6 is 0 Å². The molecule has 4 nitrogen and oxygen atoms in total. The molecule has 1 aliphatic rings. The van der Waals surface area contributed by atoms with Crippen LogP contribution in [-0.2, 0) is 11.2 Å². The fourth-order valence-electron chi connectivity index (χ4n) is 3.35. The number of aryl methyl sites for hydroxylation is 1. The second kappa shape index (κ2) is 5.76. The maximum Gasteiger partial charge on any atom is 0.226 e. The number of nitrogens with zero attached hydrogens (tertiary/aromatic N) is 1. The minimum Gasteiger partial charge on any atom is -0.464 e. The normalized spacial score (nSPS) is 17.0. The summed E-state index contributed by atoms with van der Waals surface area (Å²) in [5.41, 5.74) is 2.17. The molecule has 0 unspecified atom stereocenters. The molecule has 0 bridgehead atoms. The van der Waals surface area contributed by atoms with E-state index < -0.39 is 5.60 Å². The van der Waals surface area contributed by atoms with E-state index in [0.717, 1.165) is 47.8 Å². The van der Waals surface area contributed by atoms with Crippen LogP contribution in [0.25, 0.3) is 11.0 Å². The average Bonchev–Trinajstić information content (AvgIpc) is 3.05. The van der Waals surface area contributed by atoms with Crippen LogP contribution in [0.1, 0.15) is 36.8 Å². The molecule has 1 aromatic heterocycles. The first-order valence-electron chi connectivity index (χ1n) is 7.90. The van der Waals surface area contributed by atoms with E-state index in [0.29, 0.717) is 13.0 Å². The molecule has 0 aliphatic heterocycles. The molecule has 1 amide bonds. The number of carbonyl (C=O) groups excluding carboxylic acids is 1. The Balaban J connectivity index is 1.70. The molecule has 1 heterocycles. The van der Waals surface area contributed by atoms with Crippen LogP contribution in [0.3, 0.4) is 0 Å². The highest BCUT2D eigenvalue weighted by Crippen LogP contribution is 2.30. The molecule has 1 saturated carbocycles.